The molecule has 1 aromatic heterocycles. The summed E-state index contributed by atoms with van der Waals surface area (Å²) in [5, 5.41) is 24.5. The first-order valence-electron chi connectivity index (χ1n) is 8.80. The lowest BCUT2D eigenvalue weighted by Gasteiger charge is -2.25. The van der Waals surface area contributed by atoms with Gasteiger partial charge in [-0.3, -0.25) is 10.1 Å². The number of hydrogen-bond donors (Lipinski definition) is 1. The van der Waals surface area contributed by atoms with E-state index in [0.717, 1.165) is 10.7 Å². The Morgan fingerprint density at radius 2 is 1.90 bits per heavy atom. The van der Waals surface area contributed by atoms with Crippen molar-refractivity contribution in [3.05, 3.63) is 93.0 Å². The molecule has 0 fully saturated rings. The van der Waals surface area contributed by atoms with Gasteiger partial charge in [0.2, 0.25) is 11.8 Å². The Labute approximate surface area is 172 Å². The van der Waals surface area contributed by atoms with Crippen molar-refractivity contribution in [2.24, 2.45) is 5.73 Å². The van der Waals surface area contributed by atoms with Crippen LogP contribution in [-0.4, -0.2) is 14.7 Å². The summed E-state index contributed by atoms with van der Waals surface area (Å²) >= 11 is 0. The van der Waals surface area contributed by atoms with Crippen LogP contribution in [0.4, 0.5) is 18.9 Å². The first-order chi connectivity index (χ1) is 14.7. The van der Waals surface area contributed by atoms with Crippen molar-refractivity contribution in [3.63, 3.8) is 0 Å². The molecule has 1 unspecified atom stereocenters. The van der Waals surface area contributed by atoms with E-state index < -0.39 is 34.2 Å². The molecule has 0 aliphatic carbocycles. The fourth-order valence-corrected chi connectivity index (χ4v) is 3.44. The number of nitro groups is 1. The van der Waals surface area contributed by atoms with Gasteiger partial charge < -0.3 is 10.5 Å². The Morgan fingerprint density at radius 3 is 2.52 bits per heavy atom. The number of fused-ring (bicyclic) bond motifs is 1. The molecule has 11 heteroatoms. The van der Waals surface area contributed by atoms with Gasteiger partial charge in [-0.2, -0.15) is 28.2 Å². The normalized spacial score (nSPS) is 15.7. The zero-order valence-electron chi connectivity index (χ0n) is 15.5. The lowest BCUT2D eigenvalue weighted by Crippen LogP contribution is -2.23. The third kappa shape index (κ3) is 3.33. The number of para-hydroxylation sites is 1. The third-order valence-electron chi connectivity index (χ3n) is 4.73. The van der Waals surface area contributed by atoms with E-state index in [4.69, 9.17) is 10.5 Å². The van der Waals surface area contributed by atoms with Crippen molar-refractivity contribution in [1.82, 2.24) is 9.78 Å². The van der Waals surface area contributed by atoms with Crippen LogP contribution >= 0.6 is 0 Å². The Balaban J connectivity index is 2.05. The van der Waals surface area contributed by atoms with Gasteiger partial charge >= 0.3 is 6.18 Å². The molecular formula is C20H12F3N5O3. The quantitative estimate of drug-likeness (QED) is 0.498. The molecule has 1 aliphatic rings. The summed E-state index contributed by atoms with van der Waals surface area (Å²) in [4.78, 5) is 10.5. The molecule has 31 heavy (non-hydrogen) atoms. The molecule has 2 heterocycles. The molecule has 2 N–H and O–H groups in total. The Hall–Kier alpha value is -4.33. The van der Waals surface area contributed by atoms with Crippen molar-refractivity contribution >= 4 is 5.69 Å². The van der Waals surface area contributed by atoms with Crippen molar-refractivity contribution in [1.29, 1.82) is 5.26 Å². The number of nitrogens with zero attached hydrogens (tertiary/aromatic N) is 4. The molecule has 0 radical (unpaired) electrons. The number of alkyl halides is 3. The average Bonchev–Trinajstić information content (AvgIpc) is 3.12. The van der Waals surface area contributed by atoms with Gasteiger partial charge in [-0.25, -0.2) is 0 Å². The van der Waals surface area contributed by atoms with Crippen LogP contribution < -0.4 is 10.5 Å². The van der Waals surface area contributed by atoms with E-state index >= 15 is 0 Å². The number of aromatic nitrogens is 2. The molecule has 8 nitrogen and oxygen atoms in total. The summed E-state index contributed by atoms with van der Waals surface area (Å²) in [6.07, 6.45) is -4.89. The first-order valence-corrected chi connectivity index (χ1v) is 8.80. The van der Waals surface area contributed by atoms with Crippen molar-refractivity contribution < 1.29 is 22.8 Å². The highest BCUT2D eigenvalue weighted by Crippen LogP contribution is 2.49. The monoisotopic (exact) mass is 427 g/mol. The maximum Gasteiger partial charge on any atom is 0.435 e. The molecule has 0 saturated heterocycles. The van der Waals surface area contributed by atoms with Crippen LogP contribution in [0, 0.1) is 21.4 Å². The standard InChI is InChI=1S/C20H12F3N5O3/c21-20(22,23)17-16-15(11-5-4-8-13(9-11)28(29)30)14(10-24)18(25)31-19(16)27(26-17)12-6-2-1-3-7-12/h1-9,15H,25H2. The second-order valence-electron chi connectivity index (χ2n) is 6.59. The van der Waals surface area contributed by atoms with Gasteiger partial charge in [-0.05, 0) is 17.7 Å². The highest BCUT2D eigenvalue weighted by molar-refractivity contribution is 5.58. The number of nitrogens with two attached hydrogens (primary N) is 1. The zero-order chi connectivity index (χ0) is 22.3. The van der Waals surface area contributed by atoms with Crippen LogP contribution in [0.5, 0.6) is 5.88 Å². The minimum atomic E-state index is -4.89. The van der Waals surface area contributed by atoms with Gasteiger partial charge in [0, 0.05) is 12.1 Å². The maximum atomic E-state index is 14.0. The molecule has 4 rings (SSSR count). The molecule has 0 spiro atoms. The molecular weight excluding hydrogens is 415 g/mol. The number of non-ortho nitro benzene ring substituents is 1. The molecule has 0 amide bonds. The number of nitro benzene ring substituents is 1. The molecule has 0 bridgehead atoms. The number of allylic oxidation sites excluding steroid dienone is 1. The van der Waals surface area contributed by atoms with Gasteiger partial charge in [0.15, 0.2) is 5.69 Å². The maximum absolute atomic E-state index is 14.0. The number of ether oxygens (including phenoxy) is 1. The first kappa shape index (κ1) is 20.0. The van der Waals surface area contributed by atoms with Gasteiger partial charge in [-0.1, -0.05) is 30.3 Å². The lowest BCUT2D eigenvalue weighted by molar-refractivity contribution is -0.384. The number of rotatable bonds is 3. The summed E-state index contributed by atoms with van der Waals surface area (Å²) in [5.74, 6) is -2.08. The lowest BCUT2D eigenvalue weighted by atomic mass is 9.83. The highest BCUT2D eigenvalue weighted by Gasteiger charge is 2.46. The highest BCUT2D eigenvalue weighted by atomic mass is 19.4. The Morgan fingerprint density at radius 1 is 1.19 bits per heavy atom. The van der Waals surface area contributed by atoms with Crippen LogP contribution in [0.25, 0.3) is 5.69 Å². The van der Waals surface area contributed by atoms with Crippen LogP contribution in [0.2, 0.25) is 0 Å². The minimum Gasteiger partial charge on any atom is -0.422 e. The van der Waals surface area contributed by atoms with Gasteiger partial charge in [0.1, 0.15) is 11.6 Å². The summed E-state index contributed by atoms with van der Waals surface area (Å²) in [5.41, 5.74) is 3.87. The predicted molar refractivity (Wildman–Crippen MR) is 101 cm³/mol. The fourth-order valence-electron chi connectivity index (χ4n) is 3.44. The van der Waals surface area contributed by atoms with E-state index in [1.54, 1.807) is 24.3 Å². The van der Waals surface area contributed by atoms with E-state index in [1.165, 1.54) is 30.3 Å². The summed E-state index contributed by atoms with van der Waals surface area (Å²) in [7, 11) is 0. The summed E-state index contributed by atoms with van der Waals surface area (Å²) < 4.78 is 48.3. The third-order valence-corrected chi connectivity index (χ3v) is 4.73. The van der Waals surface area contributed by atoms with Crippen molar-refractivity contribution in [2.45, 2.75) is 12.1 Å². The van der Waals surface area contributed by atoms with Crippen molar-refractivity contribution in [2.75, 3.05) is 0 Å². The van der Waals surface area contributed by atoms with E-state index in [0.29, 0.717) is 0 Å². The minimum absolute atomic E-state index is 0.0800. The summed E-state index contributed by atoms with van der Waals surface area (Å²) in [6.45, 7) is 0. The largest absolute Gasteiger partial charge is 0.435 e. The van der Waals surface area contributed by atoms with Gasteiger partial charge in [0.05, 0.1) is 22.1 Å². The van der Waals surface area contributed by atoms with E-state index in [9.17, 15) is 28.5 Å². The fraction of sp³-hybridized carbons (Fsp3) is 0.100. The van der Waals surface area contributed by atoms with Gasteiger partial charge in [-0.15, -0.1) is 0 Å². The average molecular weight is 427 g/mol. The van der Waals surface area contributed by atoms with Crippen molar-refractivity contribution in [3.8, 4) is 17.6 Å². The Kier molecular flexibility index (Phi) is 4.62. The number of halogens is 3. The van der Waals surface area contributed by atoms with Crippen LogP contribution in [0.3, 0.4) is 0 Å². The van der Waals surface area contributed by atoms with E-state index in [1.807, 2.05) is 0 Å². The van der Waals surface area contributed by atoms with E-state index in [2.05, 4.69) is 5.10 Å². The van der Waals surface area contributed by atoms with Crippen LogP contribution in [0.15, 0.2) is 66.1 Å². The summed E-state index contributed by atoms with van der Waals surface area (Å²) in [6, 6.07) is 14.7. The van der Waals surface area contributed by atoms with Gasteiger partial charge in [0.25, 0.3) is 5.69 Å². The molecule has 0 saturated carbocycles. The topological polar surface area (TPSA) is 120 Å². The Bertz CT molecular complexity index is 1260. The molecule has 156 valence electrons. The second-order valence-corrected chi connectivity index (χ2v) is 6.59. The van der Waals surface area contributed by atoms with Crippen LogP contribution in [-0.2, 0) is 6.18 Å². The zero-order valence-corrected chi connectivity index (χ0v) is 15.5. The molecule has 2 aromatic carbocycles. The number of nitriles is 1. The molecule has 1 aliphatic heterocycles. The van der Waals surface area contributed by atoms with Crippen LogP contribution in [0.1, 0.15) is 22.7 Å². The SMILES string of the molecule is N#CC1=C(N)Oc2c(c(C(F)(F)F)nn2-c2ccccc2)C1c1cccc([N+](=O)[O-])c1. The molecule has 1 atom stereocenters. The predicted octanol–water partition coefficient (Wildman–Crippen LogP) is 4.02. The second kappa shape index (κ2) is 7.17. The number of hydrogen-bond acceptors (Lipinski definition) is 6. The molecule has 3 aromatic rings. The van der Waals surface area contributed by atoms with E-state index in [-0.39, 0.29) is 28.4 Å². The smallest absolute Gasteiger partial charge is 0.422 e. The number of benzene rings is 2.